The van der Waals surface area contributed by atoms with Gasteiger partial charge in [-0.2, -0.15) is 0 Å². The van der Waals surface area contributed by atoms with Crippen molar-refractivity contribution in [1.82, 2.24) is 4.98 Å². The summed E-state index contributed by atoms with van der Waals surface area (Å²) < 4.78 is 5.17. The Morgan fingerprint density at radius 3 is 2.55 bits per heavy atom. The molecule has 2 N–H and O–H groups in total. The molecule has 0 aliphatic heterocycles. The predicted octanol–water partition coefficient (Wildman–Crippen LogP) is 4.83. The number of rotatable bonds is 3. The van der Waals surface area contributed by atoms with E-state index in [2.05, 4.69) is 15.6 Å². The van der Waals surface area contributed by atoms with Crippen molar-refractivity contribution in [2.24, 2.45) is 0 Å². The summed E-state index contributed by atoms with van der Waals surface area (Å²) in [4.78, 5) is 15.9. The molecule has 22 heavy (non-hydrogen) atoms. The van der Waals surface area contributed by atoms with Crippen LogP contribution in [0.4, 0.5) is 22.0 Å². The Morgan fingerprint density at radius 1 is 1.18 bits per heavy atom. The molecule has 6 heteroatoms. The Morgan fingerprint density at radius 2 is 1.95 bits per heavy atom. The predicted molar refractivity (Wildman–Crippen MR) is 88.8 cm³/mol. The van der Waals surface area contributed by atoms with E-state index in [4.69, 9.17) is 16.3 Å². The Labute approximate surface area is 134 Å². The van der Waals surface area contributed by atoms with Gasteiger partial charge in [0.25, 0.3) is 0 Å². The number of benzene rings is 1. The molecule has 0 spiro atoms. The minimum atomic E-state index is -0.536. The topological polar surface area (TPSA) is 63.2 Å². The highest BCUT2D eigenvalue weighted by Gasteiger charge is 2.16. The van der Waals surface area contributed by atoms with Gasteiger partial charge < -0.3 is 10.1 Å². The number of pyridine rings is 1. The first-order valence-corrected chi connectivity index (χ1v) is 7.18. The Balaban J connectivity index is 1.97. The number of nitrogens with one attached hydrogen (secondary N) is 2. The normalized spacial score (nSPS) is 10.9. The first kappa shape index (κ1) is 16.1. The molecule has 0 aliphatic carbocycles. The second-order valence-corrected chi connectivity index (χ2v) is 6.13. The fourth-order valence-electron chi connectivity index (χ4n) is 1.68. The summed E-state index contributed by atoms with van der Waals surface area (Å²) in [5, 5.41) is 6.40. The van der Waals surface area contributed by atoms with Crippen LogP contribution in [0.25, 0.3) is 0 Å². The Kier molecular flexibility index (Phi) is 4.88. The fourth-order valence-corrected chi connectivity index (χ4v) is 1.87. The smallest absolute Gasteiger partial charge is 0.412 e. The third kappa shape index (κ3) is 5.26. The van der Waals surface area contributed by atoms with Crippen LogP contribution in [0.1, 0.15) is 20.8 Å². The van der Waals surface area contributed by atoms with Crippen molar-refractivity contribution in [3.63, 3.8) is 0 Å². The van der Waals surface area contributed by atoms with Gasteiger partial charge in [-0.15, -0.1) is 0 Å². The van der Waals surface area contributed by atoms with Crippen LogP contribution in [0.5, 0.6) is 0 Å². The molecule has 1 heterocycles. The Hall–Kier alpha value is -2.27. The number of anilines is 3. The van der Waals surface area contributed by atoms with E-state index in [1.807, 2.05) is 32.9 Å². The fraction of sp³-hybridized carbons (Fsp3) is 0.250. The lowest BCUT2D eigenvalue weighted by Gasteiger charge is -2.19. The third-order valence-corrected chi connectivity index (χ3v) is 2.74. The van der Waals surface area contributed by atoms with Gasteiger partial charge in [-0.1, -0.05) is 17.7 Å². The minimum Gasteiger partial charge on any atom is -0.444 e. The number of carbonyl (C=O) groups excluding carboxylic acids is 1. The highest BCUT2D eigenvalue weighted by molar-refractivity contribution is 6.30. The summed E-state index contributed by atoms with van der Waals surface area (Å²) in [7, 11) is 0. The van der Waals surface area contributed by atoms with E-state index in [0.717, 1.165) is 5.69 Å². The molecule has 5 nitrogen and oxygen atoms in total. The van der Waals surface area contributed by atoms with Crippen LogP contribution in [0.2, 0.25) is 5.02 Å². The summed E-state index contributed by atoms with van der Waals surface area (Å²) in [6, 6.07) is 10.8. The molecule has 0 saturated heterocycles. The molecular formula is C16H18ClN3O2. The number of hydrogen-bond donors (Lipinski definition) is 2. The van der Waals surface area contributed by atoms with Crippen molar-refractivity contribution in [3.05, 3.63) is 47.6 Å². The van der Waals surface area contributed by atoms with Gasteiger partial charge in [0.05, 0.1) is 11.9 Å². The van der Waals surface area contributed by atoms with Crippen molar-refractivity contribution >= 4 is 34.9 Å². The maximum Gasteiger partial charge on any atom is 0.412 e. The van der Waals surface area contributed by atoms with Crippen molar-refractivity contribution in [2.45, 2.75) is 26.4 Å². The second kappa shape index (κ2) is 6.66. The molecule has 2 rings (SSSR count). The van der Waals surface area contributed by atoms with E-state index >= 15 is 0 Å². The molecule has 0 saturated carbocycles. The van der Waals surface area contributed by atoms with Crippen LogP contribution < -0.4 is 10.6 Å². The van der Waals surface area contributed by atoms with Gasteiger partial charge in [-0.05, 0) is 51.1 Å². The van der Waals surface area contributed by atoms with E-state index in [9.17, 15) is 4.79 Å². The first-order valence-electron chi connectivity index (χ1n) is 6.80. The van der Waals surface area contributed by atoms with E-state index < -0.39 is 11.7 Å². The van der Waals surface area contributed by atoms with E-state index in [0.29, 0.717) is 16.5 Å². The number of nitrogens with zero attached hydrogens (tertiary/aromatic N) is 1. The summed E-state index contributed by atoms with van der Waals surface area (Å²) in [6.07, 6.45) is 1.04. The van der Waals surface area contributed by atoms with Gasteiger partial charge in [0.1, 0.15) is 11.4 Å². The molecular weight excluding hydrogens is 302 g/mol. The third-order valence-electron chi connectivity index (χ3n) is 2.51. The minimum absolute atomic E-state index is 0.509. The van der Waals surface area contributed by atoms with Crippen molar-refractivity contribution in [3.8, 4) is 0 Å². The van der Waals surface area contributed by atoms with Crippen molar-refractivity contribution < 1.29 is 9.53 Å². The van der Waals surface area contributed by atoms with Crippen LogP contribution in [0.3, 0.4) is 0 Å². The number of halogens is 1. The van der Waals surface area contributed by atoms with Crippen LogP contribution in [-0.4, -0.2) is 16.7 Å². The highest BCUT2D eigenvalue weighted by atomic mass is 35.5. The molecule has 0 atom stereocenters. The van der Waals surface area contributed by atoms with Gasteiger partial charge in [0.2, 0.25) is 0 Å². The Bertz CT molecular complexity index is 651. The van der Waals surface area contributed by atoms with Gasteiger partial charge in [-0.3, -0.25) is 5.32 Å². The molecule has 1 aromatic carbocycles. The van der Waals surface area contributed by atoms with Crippen LogP contribution >= 0.6 is 11.6 Å². The molecule has 2 aromatic rings. The lowest BCUT2D eigenvalue weighted by Crippen LogP contribution is -2.27. The summed E-state index contributed by atoms with van der Waals surface area (Å²) >= 11 is 5.92. The van der Waals surface area contributed by atoms with Crippen LogP contribution in [0, 0.1) is 0 Å². The van der Waals surface area contributed by atoms with Gasteiger partial charge in [0.15, 0.2) is 0 Å². The second-order valence-electron chi connectivity index (χ2n) is 5.69. The molecule has 0 fully saturated rings. The zero-order chi connectivity index (χ0) is 16.2. The number of aromatic nitrogens is 1. The van der Waals surface area contributed by atoms with Crippen LogP contribution in [0.15, 0.2) is 42.6 Å². The molecule has 0 aliphatic rings. The number of ether oxygens (including phenoxy) is 1. The summed E-state index contributed by atoms with van der Waals surface area (Å²) in [6.45, 7) is 5.43. The molecule has 0 unspecified atom stereocenters. The lowest BCUT2D eigenvalue weighted by atomic mass is 10.2. The van der Waals surface area contributed by atoms with Crippen LogP contribution in [-0.2, 0) is 4.74 Å². The number of hydrogen-bond acceptors (Lipinski definition) is 4. The van der Waals surface area contributed by atoms with Gasteiger partial charge in [0, 0.05) is 10.7 Å². The van der Waals surface area contributed by atoms with Crippen molar-refractivity contribution in [2.75, 3.05) is 10.6 Å². The van der Waals surface area contributed by atoms with E-state index in [1.54, 1.807) is 30.5 Å². The first-order chi connectivity index (χ1) is 10.3. The molecule has 0 radical (unpaired) electrons. The van der Waals surface area contributed by atoms with E-state index in [1.165, 1.54) is 0 Å². The lowest BCUT2D eigenvalue weighted by molar-refractivity contribution is 0.0636. The quantitative estimate of drug-likeness (QED) is 0.850. The van der Waals surface area contributed by atoms with Gasteiger partial charge in [-0.25, -0.2) is 9.78 Å². The standard InChI is InChI=1S/C16H18ClN3O2/c1-16(2,3)22-15(21)20-13-7-8-14(18-10-13)19-12-6-4-5-11(17)9-12/h4-10H,1-3H3,(H,18,19)(H,20,21). The number of carbonyl (C=O) groups is 1. The summed E-state index contributed by atoms with van der Waals surface area (Å²) in [5.74, 6) is 0.650. The van der Waals surface area contributed by atoms with Crippen molar-refractivity contribution in [1.29, 1.82) is 0 Å². The molecule has 0 bridgehead atoms. The molecule has 1 amide bonds. The summed E-state index contributed by atoms with van der Waals surface area (Å²) in [5.41, 5.74) is 0.865. The zero-order valence-electron chi connectivity index (χ0n) is 12.7. The largest absolute Gasteiger partial charge is 0.444 e. The monoisotopic (exact) mass is 319 g/mol. The SMILES string of the molecule is CC(C)(C)OC(=O)Nc1ccc(Nc2cccc(Cl)c2)nc1. The molecule has 116 valence electrons. The zero-order valence-corrected chi connectivity index (χ0v) is 13.4. The van der Waals surface area contributed by atoms with E-state index in [-0.39, 0.29) is 0 Å². The average molecular weight is 320 g/mol. The molecule has 1 aromatic heterocycles. The maximum absolute atomic E-state index is 11.7. The maximum atomic E-state index is 11.7. The highest BCUT2D eigenvalue weighted by Crippen LogP contribution is 2.20. The van der Waals surface area contributed by atoms with Gasteiger partial charge >= 0.3 is 6.09 Å². The average Bonchev–Trinajstić information content (AvgIpc) is 2.39. The number of amides is 1.